The quantitative estimate of drug-likeness (QED) is 0.273. The molecule has 0 unspecified atom stereocenters. The maximum Gasteiger partial charge on any atom is 0.337 e. The predicted molar refractivity (Wildman–Crippen MR) is 154 cm³/mol. The molecule has 4 aromatic heterocycles. The summed E-state index contributed by atoms with van der Waals surface area (Å²) >= 11 is 0. The number of hydrogen-bond donors (Lipinski definition) is 0. The number of rotatable bonds is 7. The molecule has 0 radical (unpaired) electrons. The lowest BCUT2D eigenvalue weighted by Crippen LogP contribution is -2.29. The van der Waals surface area contributed by atoms with Crippen molar-refractivity contribution >= 4 is 23.1 Å². The Hall–Kier alpha value is -5.16. The molecule has 11 heteroatoms. The second-order valence-electron chi connectivity index (χ2n) is 10.0. The summed E-state index contributed by atoms with van der Waals surface area (Å²) in [5.41, 5.74) is 4.99. The SMILES string of the molecule is COC(=O)c1ccc(-c2ccc(-n3c(=O)n([C@H]4CCN(Cc5cc(C(=O)OC)ccn5)C4)c4ncccc43)cn2)cc1. The highest BCUT2D eigenvalue weighted by Gasteiger charge is 2.29. The highest BCUT2D eigenvalue weighted by molar-refractivity contribution is 5.90. The maximum atomic E-state index is 13.9. The second-order valence-corrected chi connectivity index (χ2v) is 10.0. The lowest BCUT2D eigenvalue weighted by atomic mass is 10.1. The zero-order chi connectivity index (χ0) is 29.2. The summed E-state index contributed by atoms with van der Waals surface area (Å²) in [6, 6.07) is 17.7. The Balaban J connectivity index is 1.26. The largest absolute Gasteiger partial charge is 0.465 e. The molecule has 0 bridgehead atoms. The molecule has 11 nitrogen and oxygen atoms in total. The van der Waals surface area contributed by atoms with E-state index in [1.54, 1.807) is 52.0 Å². The van der Waals surface area contributed by atoms with E-state index < -0.39 is 11.9 Å². The van der Waals surface area contributed by atoms with Gasteiger partial charge in [0.2, 0.25) is 0 Å². The van der Waals surface area contributed by atoms with Crippen LogP contribution >= 0.6 is 0 Å². The third kappa shape index (κ3) is 5.06. The molecule has 1 aliphatic heterocycles. The molecule has 6 rings (SSSR count). The molecule has 0 N–H and O–H groups in total. The lowest BCUT2D eigenvalue weighted by Gasteiger charge is -2.16. The zero-order valence-corrected chi connectivity index (χ0v) is 23.1. The van der Waals surface area contributed by atoms with Gasteiger partial charge in [0.25, 0.3) is 0 Å². The molecule has 5 heterocycles. The minimum Gasteiger partial charge on any atom is -0.465 e. The van der Waals surface area contributed by atoms with Crippen molar-refractivity contribution < 1.29 is 19.1 Å². The fourth-order valence-electron chi connectivity index (χ4n) is 5.42. The Morgan fingerprint density at radius 2 is 1.69 bits per heavy atom. The van der Waals surface area contributed by atoms with Gasteiger partial charge in [-0.2, -0.15) is 0 Å². The topological polar surface area (TPSA) is 121 Å². The van der Waals surface area contributed by atoms with Gasteiger partial charge >= 0.3 is 17.6 Å². The third-order valence-corrected chi connectivity index (χ3v) is 7.48. The van der Waals surface area contributed by atoms with Crippen LogP contribution in [-0.4, -0.2) is 68.2 Å². The number of fused-ring (bicyclic) bond motifs is 1. The number of methoxy groups -OCH3 is 2. The zero-order valence-electron chi connectivity index (χ0n) is 23.1. The van der Waals surface area contributed by atoms with E-state index in [2.05, 4.69) is 19.9 Å². The van der Waals surface area contributed by atoms with Crippen LogP contribution in [0.15, 0.2) is 84.0 Å². The minimum absolute atomic E-state index is 0.0829. The van der Waals surface area contributed by atoms with Gasteiger partial charge in [-0.15, -0.1) is 0 Å². The van der Waals surface area contributed by atoms with Gasteiger partial charge in [-0.05, 0) is 55.0 Å². The van der Waals surface area contributed by atoms with Gasteiger partial charge in [0, 0.05) is 37.6 Å². The molecule has 1 atom stereocenters. The summed E-state index contributed by atoms with van der Waals surface area (Å²) in [5, 5.41) is 0. The van der Waals surface area contributed by atoms with E-state index in [4.69, 9.17) is 9.47 Å². The van der Waals surface area contributed by atoms with E-state index in [0.29, 0.717) is 46.8 Å². The Labute approximate surface area is 241 Å². The van der Waals surface area contributed by atoms with Crippen molar-refractivity contribution in [2.75, 3.05) is 27.3 Å². The van der Waals surface area contributed by atoms with Gasteiger partial charge < -0.3 is 9.47 Å². The fourth-order valence-corrected chi connectivity index (χ4v) is 5.42. The van der Waals surface area contributed by atoms with Crippen LogP contribution in [0.4, 0.5) is 0 Å². The van der Waals surface area contributed by atoms with E-state index >= 15 is 0 Å². The minimum atomic E-state index is -0.401. The molecule has 0 saturated carbocycles. The van der Waals surface area contributed by atoms with Crippen LogP contribution in [-0.2, 0) is 16.0 Å². The van der Waals surface area contributed by atoms with Crippen LogP contribution < -0.4 is 5.69 Å². The van der Waals surface area contributed by atoms with Crippen LogP contribution in [0.25, 0.3) is 28.1 Å². The molecule has 1 fully saturated rings. The molecule has 0 aliphatic carbocycles. The highest BCUT2D eigenvalue weighted by Crippen LogP contribution is 2.27. The lowest BCUT2D eigenvalue weighted by molar-refractivity contribution is 0.0591. The van der Waals surface area contributed by atoms with Crippen molar-refractivity contribution in [3.05, 3.63) is 107 Å². The monoisotopic (exact) mass is 564 g/mol. The first-order valence-electron chi connectivity index (χ1n) is 13.5. The molecule has 1 aliphatic rings. The average Bonchev–Trinajstić information content (AvgIpc) is 3.61. The maximum absolute atomic E-state index is 13.9. The third-order valence-electron chi connectivity index (χ3n) is 7.48. The molecule has 1 saturated heterocycles. The van der Waals surface area contributed by atoms with Crippen LogP contribution in [0.1, 0.15) is 38.9 Å². The second kappa shape index (κ2) is 11.4. The van der Waals surface area contributed by atoms with E-state index in [1.807, 2.05) is 36.4 Å². The number of ether oxygens (including phenoxy) is 2. The summed E-state index contributed by atoms with van der Waals surface area (Å²) in [4.78, 5) is 53.4. The molecule has 0 spiro atoms. The molecule has 5 aromatic rings. The Morgan fingerprint density at radius 1 is 0.905 bits per heavy atom. The number of esters is 2. The first kappa shape index (κ1) is 27.0. The summed E-state index contributed by atoms with van der Waals surface area (Å²) in [6.45, 7) is 1.96. The number of carbonyl (C=O) groups is 2. The highest BCUT2D eigenvalue weighted by atomic mass is 16.5. The van der Waals surface area contributed by atoms with E-state index in [9.17, 15) is 14.4 Å². The van der Waals surface area contributed by atoms with Crippen LogP contribution in [0.2, 0.25) is 0 Å². The van der Waals surface area contributed by atoms with Gasteiger partial charge in [0.15, 0.2) is 5.65 Å². The van der Waals surface area contributed by atoms with Gasteiger partial charge in [-0.3, -0.25) is 24.0 Å². The van der Waals surface area contributed by atoms with Crippen molar-refractivity contribution in [2.24, 2.45) is 0 Å². The number of likely N-dealkylation sites (tertiary alicyclic amines) is 1. The number of imidazole rings is 1. The number of aromatic nitrogens is 5. The van der Waals surface area contributed by atoms with E-state index in [1.165, 1.54) is 14.2 Å². The summed E-state index contributed by atoms with van der Waals surface area (Å²) in [6.07, 6.45) is 5.73. The van der Waals surface area contributed by atoms with Gasteiger partial charge in [-0.25, -0.2) is 19.4 Å². The molecule has 0 amide bonds. The van der Waals surface area contributed by atoms with Gasteiger partial charge in [0.1, 0.15) is 0 Å². The first-order valence-corrected chi connectivity index (χ1v) is 13.5. The summed E-state index contributed by atoms with van der Waals surface area (Å²) in [7, 11) is 2.70. The number of carbonyl (C=O) groups excluding carboxylic acids is 2. The molecular weight excluding hydrogens is 536 g/mol. The fraction of sp³-hybridized carbons (Fsp3) is 0.226. The van der Waals surface area contributed by atoms with Crippen molar-refractivity contribution in [2.45, 2.75) is 19.0 Å². The van der Waals surface area contributed by atoms with Crippen LogP contribution in [0, 0.1) is 0 Å². The Kier molecular flexibility index (Phi) is 7.32. The standard InChI is InChI=1S/C31H28N6O5/c1-41-29(38)21-7-5-20(6-8-21)26-10-9-24(17-34-26)36-27-4-3-13-33-28(27)37(31(36)40)25-12-15-35(19-25)18-23-16-22(11-14-32-23)30(39)42-2/h3-11,13-14,16-17,25H,12,15,18-19H2,1-2H3/t25-/m0/s1. The normalized spacial score (nSPS) is 15.1. The average molecular weight is 565 g/mol. The molecule has 42 heavy (non-hydrogen) atoms. The van der Waals surface area contributed by atoms with Crippen LogP contribution in [0.5, 0.6) is 0 Å². The van der Waals surface area contributed by atoms with E-state index in [-0.39, 0.29) is 11.7 Å². The van der Waals surface area contributed by atoms with Crippen molar-refractivity contribution in [3.63, 3.8) is 0 Å². The predicted octanol–water partition coefficient (Wildman–Crippen LogP) is 3.66. The molecular formula is C31H28N6O5. The Bertz CT molecular complexity index is 1830. The molecule has 212 valence electrons. The summed E-state index contributed by atoms with van der Waals surface area (Å²) in [5.74, 6) is -0.800. The smallest absolute Gasteiger partial charge is 0.337 e. The number of benzene rings is 1. The number of nitrogens with zero attached hydrogens (tertiary/aromatic N) is 6. The number of hydrogen-bond acceptors (Lipinski definition) is 9. The van der Waals surface area contributed by atoms with Crippen LogP contribution in [0.3, 0.4) is 0 Å². The van der Waals surface area contributed by atoms with Crippen molar-refractivity contribution in [1.29, 1.82) is 0 Å². The Morgan fingerprint density at radius 3 is 2.43 bits per heavy atom. The number of pyridine rings is 3. The summed E-state index contributed by atoms with van der Waals surface area (Å²) < 4.78 is 13.0. The molecule has 1 aromatic carbocycles. The van der Waals surface area contributed by atoms with E-state index in [0.717, 1.165) is 24.2 Å². The first-order chi connectivity index (χ1) is 20.5. The van der Waals surface area contributed by atoms with Crippen molar-refractivity contribution in [1.82, 2.24) is 29.0 Å². The van der Waals surface area contributed by atoms with Crippen molar-refractivity contribution in [3.8, 4) is 16.9 Å². The van der Waals surface area contributed by atoms with Gasteiger partial charge in [0.05, 0.1) is 60.2 Å². The van der Waals surface area contributed by atoms with Gasteiger partial charge in [-0.1, -0.05) is 12.1 Å².